The topological polar surface area (TPSA) is 59.6 Å². The Morgan fingerprint density at radius 2 is 1.83 bits per heavy atom. The molecule has 1 amide bonds. The standard InChI is InChI=1S/C17H19FN2O3.ClH/c1-11-4-6-15(16(8-11)22-3)23-14-7-5-12(9-13(14)18)20-17(21)10-19-2;/h4-9,19H,10H2,1-3H3,(H,20,21);1H. The van der Waals surface area contributed by atoms with Crippen molar-refractivity contribution in [1.82, 2.24) is 5.32 Å². The summed E-state index contributed by atoms with van der Waals surface area (Å²) in [5.41, 5.74) is 1.38. The van der Waals surface area contributed by atoms with Crippen molar-refractivity contribution in [2.24, 2.45) is 0 Å². The van der Waals surface area contributed by atoms with Gasteiger partial charge in [-0.2, -0.15) is 0 Å². The number of methoxy groups -OCH3 is 1. The summed E-state index contributed by atoms with van der Waals surface area (Å²) in [5.74, 6) is 0.175. The molecule has 5 nitrogen and oxygen atoms in total. The Balaban J connectivity index is 0.00000288. The first kappa shape index (κ1) is 19.7. The molecule has 0 aliphatic heterocycles. The first-order chi connectivity index (χ1) is 11.0. The molecule has 0 fully saturated rings. The predicted molar refractivity (Wildman–Crippen MR) is 94.0 cm³/mol. The van der Waals surface area contributed by atoms with Crippen LogP contribution in [0.5, 0.6) is 17.2 Å². The molecule has 7 heteroatoms. The first-order valence-electron chi connectivity index (χ1n) is 7.10. The second-order valence-electron chi connectivity index (χ2n) is 4.98. The van der Waals surface area contributed by atoms with Crippen LogP contribution in [0.2, 0.25) is 0 Å². The third-order valence-corrected chi connectivity index (χ3v) is 3.09. The quantitative estimate of drug-likeness (QED) is 0.833. The zero-order valence-corrected chi connectivity index (χ0v) is 14.5. The minimum absolute atomic E-state index is 0. The molecule has 2 aromatic carbocycles. The van der Waals surface area contributed by atoms with Gasteiger partial charge in [0.25, 0.3) is 0 Å². The monoisotopic (exact) mass is 354 g/mol. The largest absolute Gasteiger partial charge is 0.493 e. The molecular weight excluding hydrogens is 335 g/mol. The maximum atomic E-state index is 14.2. The Labute approximate surface area is 146 Å². The molecule has 0 spiro atoms. The molecule has 2 aromatic rings. The van der Waals surface area contributed by atoms with E-state index in [-0.39, 0.29) is 30.6 Å². The third-order valence-electron chi connectivity index (χ3n) is 3.09. The van der Waals surface area contributed by atoms with E-state index in [0.29, 0.717) is 17.2 Å². The molecule has 0 heterocycles. The maximum Gasteiger partial charge on any atom is 0.238 e. The number of hydrogen-bond donors (Lipinski definition) is 2. The van der Waals surface area contributed by atoms with Crippen molar-refractivity contribution in [3.63, 3.8) is 0 Å². The highest BCUT2D eigenvalue weighted by molar-refractivity contribution is 5.92. The lowest BCUT2D eigenvalue weighted by Crippen LogP contribution is -2.25. The van der Waals surface area contributed by atoms with Gasteiger partial charge < -0.3 is 20.1 Å². The lowest BCUT2D eigenvalue weighted by molar-refractivity contribution is -0.115. The highest BCUT2D eigenvalue weighted by atomic mass is 35.5. The van der Waals surface area contributed by atoms with Gasteiger partial charge >= 0.3 is 0 Å². The fourth-order valence-corrected chi connectivity index (χ4v) is 2.00. The van der Waals surface area contributed by atoms with Crippen molar-refractivity contribution in [1.29, 1.82) is 0 Å². The number of carbonyl (C=O) groups is 1. The normalized spacial score (nSPS) is 9.83. The van der Waals surface area contributed by atoms with Crippen molar-refractivity contribution < 1.29 is 18.7 Å². The number of hydrogen-bond acceptors (Lipinski definition) is 4. The summed E-state index contributed by atoms with van der Waals surface area (Å²) >= 11 is 0. The van der Waals surface area contributed by atoms with Crippen LogP contribution in [0.25, 0.3) is 0 Å². The van der Waals surface area contributed by atoms with Crippen molar-refractivity contribution >= 4 is 24.0 Å². The van der Waals surface area contributed by atoms with E-state index in [4.69, 9.17) is 9.47 Å². The Bertz CT molecular complexity index is 710. The molecule has 0 unspecified atom stereocenters. The number of aryl methyl sites for hydroxylation is 1. The second kappa shape index (κ2) is 9.10. The molecule has 0 aromatic heterocycles. The minimum atomic E-state index is -0.574. The summed E-state index contributed by atoms with van der Waals surface area (Å²) in [6, 6.07) is 9.62. The van der Waals surface area contributed by atoms with Gasteiger partial charge in [0.05, 0.1) is 13.7 Å². The predicted octanol–water partition coefficient (Wildman–Crippen LogP) is 3.51. The molecule has 0 bridgehead atoms. The molecule has 0 aliphatic rings. The van der Waals surface area contributed by atoms with Crippen molar-refractivity contribution in [2.75, 3.05) is 26.0 Å². The lowest BCUT2D eigenvalue weighted by atomic mass is 10.2. The fourth-order valence-electron chi connectivity index (χ4n) is 2.00. The molecular formula is C17H20ClFN2O3. The highest BCUT2D eigenvalue weighted by Gasteiger charge is 2.11. The Kier molecular flexibility index (Phi) is 7.48. The summed E-state index contributed by atoms with van der Waals surface area (Å²) < 4.78 is 25.0. The number of benzene rings is 2. The number of likely N-dealkylation sites (N-methyl/N-ethyl adjacent to an activating group) is 1. The lowest BCUT2D eigenvalue weighted by Gasteiger charge is -2.12. The van der Waals surface area contributed by atoms with Gasteiger partial charge in [-0.05, 0) is 43.8 Å². The minimum Gasteiger partial charge on any atom is -0.493 e. The number of ether oxygens (including phenoxy) is 2. The Hall–Kier alpha value is -2.31. The van der Waals surface area contributed by atoms with Gasteiger partial charge in [-0.15, -0.1) is 12.4 Å². The molecule has 130 valence electrons. The number of anilines is 1. The average Bonchev–Trinajstić information content (AvgIpc) is 2.51. The van der Waals surface area contributed by atoms with Gasteiger partial charge in [-0.25, -0.2) is 4.39 Å². The molecule has 0 aliphatic carbocycles. The van der Waals surface area contributed by atoms with E-state index in [1.54, 1.807) is 25.2 Å². The van der Waals surface area contributed by atoms with Crippen LogP contribution in [0, 0.1) is 12.7 Å². The van der Waals surface area contributed by atoms with E-state index in [9.17, 15) is 9.18 Å². The number of halogens is 2. The van der Waals surface area contributed by atoms with E-state index in [1.807, 2.05) is 13.0 Å². The zero-order chi connectivity index (χ0) is 16.8. The molecule has 24 heavy (non-hydrogen) atoms. The van der Waals surface area contributed by atoms with Crippen molar-refractivity contribution in [3.05, 3.63) is 47.8 Å². The summed E-state index contributed by atoms with van der Waals surface area (Å²) in [7, 11) is 3.18. The number of nitrogens with one attached hydrogen (secondary N) is 2. The van der Waals surface area contributed by atoms with Crippen LogP contribution in [0.3, 0.4) is 0 Å². The van der Waals surface area contributed by atoms with Gasteiger partial charge in [-0.1, -0.05) is 6.07 Å². The van der Waals surface area contributed by atoms with E-state index >= 15 is 0 Å². The third kappa shape index (κ3) is 5.11. The van der Waals surface area contributed by atoms with Crippen LogP contribution in [-0.2, 0) is 4.79 Å². The van der Waals surface area contributed by atoms with Crippen LogP contribution >= 0.6 is 12.4 Å². The van der Waals surface area contributed by atoms with Crippen molar-refractivity contribution in [3.8, 4) is 17.2 Å². The van der Waals surface area contributed by atoms with Crippen LogP contribution in [-0.4, -0.2) is 26.6 Å². The smallest absolute Gasteiger partial charge is 0.238 e. The Morgan fingerprint density at radius 1 is 1.12 bits per heavy atom. The second-order valence-corrected chi connectivity index (χ2v) is 4.98. The number of rotatable bonds is 6. The first-order valence-corrected chi connectivity index (χ1v) is 7.10. The SMILES string of the molecule is CNCC(=O)Nc1ccc(Oc2ccc(C)cc2OC)c(F)c1.Cl. The van der Waals surface area contributed by atoms with Crippen molar-refractivity contribution in [2.45, 2.75) is 6.92 Å². The average molecular weight is 355 g/mol. The molecule has 0 radical (unpaired) electrons. The van der Waals surface area contributed by atoms with E-state index in [1.165, 1.54) is 19.2 Å². The van der Waals surface area contributed by atoms with Crippen LogP contribution in [0.1, 0.15) is 5.56 Å². The Morgan fingerprint density at radius 3 is 2.46 bits per heavy atom. The molecule has 0 atom stereocenters. The highest BCUT2D eigenvalue weighted by Crippen LogP contribution is 2.34. The van der Waals surface area contributed by atoms with Crippen LogP contribution < -0.4 is 20.1 Å². The number of carbonyl (C=O) groups excluding carboxylic acids is 1. The van der Waals surface area contributed by atoms with Crippen LogP contribution in [0.4, 0.5) is 10.1 Å². The van der Waals surface area contributed by atoms with Crippen LogP contribution in [0.15, 0.2) is 36.4 Å². The van der Waals surface area contributed by atoms with Gasteiger partial charge in [0.2, 0.25) is 5.91 Å². The summed E-state index contributed by atoms with van der Waals surface area (Å²) in [5, 5.41) is 5.30. The van der Waals surface area contributed by atoms with E-state index in [0.717, 1.165) is 5.56 Å². The summed E-state index contributed by atoms with van der Waals surface area (Å²) in [6.45, 7) is 2.08. The van der Waals surface area contributed by atoms with Gasteiger partial charge in [0.1, 0.15) is 0 Å². The van der Waals surface area contributed by atoms with Gasteiger partial charge in [0.15, 0.2) is 23.1 Å². The van der Waals surface area contributed by atoms with E-state index < -0.39 is 5.82 Å². The maximum absolute atomic E-state index is 14.2. The molecule has 0 saturated heterocycles. The summed E-state index contributed by atoms with van der Waals surface area (Å²) in [6.07, 6.45) is 0. The fraction of sp³-hybridized carbons (Fsp3) is 0.235. The van der Waals surface area contributed by atoms with E-state index in [2.05, 4.69) is 10.6 Å². The molecule has 2 rings (SSSR count). The van der Waals surface area contributed by atoms with Gasteiger partial charge in [0, 0.05) is 11.8 Å². The number of amides is 1. The zero-order valence-electron chi connectivity index (χ0n) is 13.7. The molecule has 2 N–H and O–H groups in total. The molecule has 0 saturated carbocycles. The van der Waals surface area contributed by atoms with Gasteiger partial charge in [-0.3, -0.25) is 4.79 Å². The summed E-state index contributed by atoms with van der Waals surface area (Å²) in [4.78, 5) is 11.5.